The van der Waals surface area contributed by atoms with Crippen LogP contribution in [0.2, 0.25) is 0 Å². The number of rotatable bonds is 6. The minimum atomic E-state index is -3.66. The summed E-state index contributed by atoms with van der Waals surface area (Å²) in [5, 5.41) is 0. The van der Waals surface area contributed by atoms with Crippen LogP contribution >= 0.6 is 25.3 Å². The Morgan fingerprint density at radius 2 is 1.45 bits per heavy atom. The largest absolute Gasteiger partial charge is 0.369 e. The first-order chi connectivity index (χ1) is 14.9. The first-order valence-corrected chi connectivity index (χ1v) is 12.5. The highest BCUT2D eigenvalue weighted by molar-refractivity contribution is 7.99. The van der Waals surface area contributed by atoms with Gasteiger partial charge in [0.15, 0.2) is 12.4 Å². The number of piperazine rings is 1. The van der Waals surface area contributed by atoms with Crippen molar-refractivity contribution in [2.24, 2.45) is 0 Å². The molecule has 2 aromatic carbocycles. The summed E-state index contributed by atoms with van der Waals surface area (Å²) in [6.07, 6.45) is 3.83. The molecule has 0 amide bonds. The lowest BCUT2D eigenvalue weighted by molar-refractivity contribution is -0.595. The molecule has 0 spiro atoms. The summed E-state index contributed by atoms with van der Waals surface area (Å²) >= 11 is 8.74. The smallest absolute Gasteiger partial charge is 0.261 e. The van der Waals surface area contributed by atoms with Crippen LogP contribution in [0.4, 0.5) is 11.4 Å². The Bertz CT molecular complexity index is 1100. The number of nitrogens with zero attached hydrogens (tertiary/aromatic N) is 3. The molecule has 3 aromatic rings. The molecule has 1 N–H and O–H groups in total. The van der Waals surface area contributed by atoms with Gasteiger partial charge in [0.05, 0.1) is 9.60 Å². The highest BCUT2D eigenvalue weighted by Gasteiger charge is 2.20. The summed E-state index contributed by atoms with van der Waals surface area (Å²) in [5.74, 6) is 0. The SMILES string of the molecule is O=S(=O)(Nc1ccc(N2CCN(C(S)S)CC2)cc1)c1ccc(-[n+]2ccccc2)cc1. The Morgan fingerprint density at radius 1 is 0.839 bits per heavy atom. The number of hydrogen-bond acceptors (Lipinski definition) is 6. The van der Waals surface area contributed by atoms with E-state index in [0.29, 0.717) is 5.69 Å². The maximum atomic E-state index is 12.8. The summed E-state index contributed by atoms with van der Waals surface area (Å²) in [6, 6.07) is 20.1. The molecule has 2 heterocycles. The van der Waals surface area contributed by atoms with Gasteiger partial charge >= 0.3 is 0 Å². The fourth-order valence-electron chi connectivity index (χ4n) is 3.53. The van der Waals surface area contributed by atoms with Crippen molar-refractivity contribution in [2.45, 2.75) is 9.60 Å². The highest BCUT2D eigenvalue weighted by Crippen LogP contribution is 2.23. The summed E-state index contributed by atoms with van der Waals surface area (Å²) in [5.41, 5.74) is 2.50. The molecule has 9 heteroatoms. The second-order valence-corrected chi connectivity index (χ2v) is 10.4. The number of sulfonamides is 1. The van der Waals surface area contributed by atoms with E-state index in [-0.39, 0.29) is 9.60 Å². The summed E-state index contributed by atoms with van der Waals surface area (Å²) in [4.78, 5) is 4.70. The van der Waals surface area contributed by atoms with Crippen molar-refractivity contribution in [2.75, 3.05) is 35.8 Å². The topological polar surface area (TPSA) is 56.5 Å². The molecule has 0 unspecified atom stereocenters. The molecule has 162 valence electrons. The summed E-state index contributed by atoms with van der Waals surface area (Å²) in [7, 11) is -3.66. The van der Waals surface area contributed by atoms with E-state index >= 15 is 0 Å². The Kier molecular flexibility index (Phi) is 6.76. The van der Waals surface area contributed by atoms with Gasteiger partial charge in [0, 0.05) is 61.8 Å². The van der Waals surface area contributed by atoms with E-state index in [1.54, 1.807) is 36.4 Å². The molecular weight excluding hydrogens is 448 g/mol. The van der Waals surface area contributed by atoms with Crippen LogP contribution in [0.1, 0.15) is 0 Å². The van der Waals surface area contributed by atoms with E-state index in [4.69, 9.17) is 0 Å². The molecule has 0 atom stereocenters. The fourth-order valence-corrected chi connectivity index (χ4v) is 5.05. The number of hydrogen-bond donors (Lipinski definition) is 3. The van der Waals surface area contributed by atoms with Gasteiger partial charge in [0.2, 0.25) is 5.69 Å². The lowest BCUT2D eigenvalue weighted by Gasteiger charge is -2.37. The Morgan fingerprint density at radius 3 is 2.03 bits per heavy atom. The van der Waals surface area contributed by atoms with E-state index in [0.717, 1.165) is 37.6 Å². The second kappa shape index (κ2) is 9.52. The molecule has 6 nitrogen and oxygen atoms in total. The number of aromatic nitrogens is 1. The lowest BCUT2D eigenvalue weighted by atomic mass is 10.2. The van der Waals surface area contributed by atoms with Crippen LogP contribution in [0.15, 0.2) is 84.0 Å². The minimum absolute atomic E-state index is 0.0423. The van der Waals surface area contributed by atoms with Gasteiger partial charge in [-0.2, -0.15) is 4.57 Å². The van der Waals surface area contributed by atoms with Crippen molar-refractivity contribution in [3.05, 3.63) is 79.1 Å². The standard InChI is InChI=1S/C22H24N4O2S3/c27-31(28,21-10-8-20(9-11-21)24-12-2-1-3-13-24)23-18-4-6-19(7-5-18)25-14-16-26(17-15-25)22(29)30/h1-13,22-23H,14-17H2,(H-,29,30)/p+1. The van der Waals surface area contributed by atoms with E-state index in [1.165, 1.54) is 0 Å². The van der Waals surface area contributed by atoms with Gasteiger partial charge in [0.1, 0.15) is 0 Å². The van der Waals surface area contributed by atoms with E-state index < -0.39 is 10.0 Å². The van der Waals surface area contributed by atoms with Gasteiger partial charge in [-0.05, 0) is 36.4 Å². The maximum absolute atomic E-state index is 12.8. The third-order valence-electron chi connectivity index (χ3n) is 5.29. The summed E-state index contributed by atoms with van der Waals surface area (Å²) in [6.45, 7) is 3.55. The van der Waals surface area contributed by atoms with Crippen molar-refractivity contribution in [1.29, 1.82) is 0 Å². The third-order valence-corrected chi connectivity index (χ3v) is 7.34. The third kappa shape index (κ3) is 5.35. The van der Waals surface area contributed by atoms with E-state index in [1.807, 2.05) is 47.3 Å². The van der Waals surface area contributed by atoms with Crippen LogP contribution in [0.25, 0.3) is 5.69 Å². The van der Waals surface area contributed by atoms with Crippen molar-refractivity contribution in [1.82, 2.24) is 4.90 Å². The van der Waals surface area contributed by atoms with Gasteiger partial charge in [0.25, 0.3) is 10.0 Å². The Labute approximate surface area is 194 Å². The number of benzene rings is 2. The van der Waals surface area contributed by atoms with Crippen LogP contribution in [0, 0.1) is 0 Å². The van der Waals surface area contributed by atoms with Crippen LogP contribution in [0.5, 0.6) is 0 Å². The van der Waals surface area contributed by atoms with Crippen molar-refractivity contribution in [3.8, 4) is 5.69 Å². The molecule has 1 aromatic heterocycles. The normalized spacial score (nSPS) is 15.3. The first kappa shape index (κ1) is 22.0. The molecule has 0 radical (unpaired) electrons. The zero-order valence-electron chi connectivity index (χ0n) is 16.9. The number of nitrogens with one attached hydrogen (secondary N) is 1. The predicted octanol–water partition coefficient (Wildman–Crippen LogP) is 3.03. The second-order valence-electron chi connectivity index (χ2n) is 7.30. The van der Waals surface area contributed by atoms with Gasteiger partial charge in [-0.1, -0.05) is 6.07 Å². The lowest BCUT2D eigenvalue weighted by Crippen LogP contribution is -2.47. The molecule has 1 fully saturated rings. The number of pyridine rings is 1. The van der Waals surface area contributed by atoms with Gasteiger partial charge < -0.3 is 4.90 Å². The summed E-state index contributed by atoms with van der Waals surface area (Å²) < 4.78 is 30.1. The monoisotopic (exact) mass is 473 g/mol. The van der Waals surface area contributed by atoms with Crippen LogP contribution in [0.3, 0.4) is 0 Å². The molecule has 1 saturated heterocycles. The first-order valence-electron chi connectivity index (χ1n) is 9.97. The maximum Gasteiger partial charge on any atom is 0.261 e. The van der Waals surface area contributed by atoms with Crippen LogP contribution in [-0.4, -0.2) is 44.2 Å². The highest BCUT2D eigenvalue weighted by atomic mass is 32.2. The minimum Gasteiger partial charge on any atom is -0.369 e. The Balaban J connectivity index is 1.41. The van der Waals surface area contributed by atoms with Crippen LogP contribution < -0.4 is 14.2 Å². The van der Waals surface area contributed by atoms with E-state index in [9.17, 15) is 8.42 Å². The molecule has 1 aliphatic rings. The van der Waals surface area contributed by atoms with Gasteiger partial charge in [-0.15, -0.1) is 25.3 Å². The van der Waals surface area contributed by atoms with Crippen molar-refractivity contribution >= 4 is 46.7 Å². The number of thiol groups is 2. The quantitative estimate of drug-likeness (QED) is 0.293. The number of anilines is 2. The molecule has 0 bridgehead atoms. The zero-order valence-corrected chi connectivity index (χ0v) is 19.5. The molecule has 31 heavy (non-hydrogen) atoms. The van der Waals surface area contributed by atoms with Crippen molar-refractivity contribution in [3.63, 3.8) is 0 Å². The van der Waals surface area contributed by atoms with Gasteiger partial charge in [-0.25, -0.2) is 8.42 Å². The van der Waals surface area contributed by atoms with Crippen molar-refractivity contribution < 1.29 is 13.0 Å². The average molecular weight is 474 g/mol. The molecule has 0 aliphatic carbocycles. The molecular formula is C22H25N4O2S3+. The Hall–Kier alpha value is -2.20. The molecule has 0 saturated carbocycles. The van der Waals surface area contributed by atoms with Crippen LogP contribution in [-0.2, 0) is 10.0 Å². The van der Waals surface area contributed by atoms with Gasteiger partial charge in [-0.3, -0.25) is 9.62 Å². The van der Waals surface area contributed by atoms with E-state index in [2.05, 4.69) is 39.8 Å². The average Bonchev–Trinajstić information content (AvgIpc) is 2.80. The fraction of sp³-hybridized carbons (Fsp3) is 0.227. The molecule has 4 rings (SSSR count). The predicted molar refractivity (Wildman–Crippen MR) is 131 cm³/mol. The zero-order chi connectivity index (χ0) is 21.8. The molecule has 1 aliphatic heterocycles.